The van der Waals surface area contributed by atoms with Gasteiger partial charge in [-0.25, -0.2) is 4.98 Å². The summed E-state index contributed by atoms with van der Waals surface area (Å²) in [5, 5.41) is 5.72. The number of aryl methyl sites for hydroxylation is 1. The molecule has 168 valence electrons. The normalized spacial score (nSPS) is 14.5. The molecular weight excluding hydrogens is 460 g/mol. The molecule has 1 amide bonds. The lowest BCUT2D eigenvalue weighted by molar-refractivity contribution is -0.113. The minimum absolute atomic E-state index is 0.0576. The Morgan fingerprint density at radius 3 is 2.62 bits per heavy atom. The van der Waals surface area contributed by atoms with E-state index in [1.54, 1.807) is 11.3 Å². The summed E-state index contributed by atoms with van der Waals surface area (Å²) in [6, 6.07) is 14.0. The molecule has 32 heavy (non-hydrogen) atoms. The molecule has 0 radical (unpaired) electrons. The number of nitrogens with one attached hydrogen (secondary N) is 1. The maximum absolute atomic E-state index is 12.7. The van der Waals surface area contributed by atoms with Crippen molar-refractivity contribution in [1.29, 1.82) is 0 Å². The number of aromatic nitrogens is 1. The summed E-state index contributed by atoms with van der Waals surface area (Å²) in [6.07, 6.45) is 0. The molecule has 8 heteroatoms. The highest BCUT2D eigenvalue weighted by Gasteiger charge is 2.19. The first-order valence-electron chi connectivity index (χ1n) is 10.7. The largest absolute Gasteiger partial charge is 0.367 e. The Kier molecular flexibility index (Phi) is 7.73. The van der Waals surface area contributed by atoms with Crippen molar-refractivity contribution in [3.05, 3.63) is 58.4 Å². The maximum Gasteiger partial charge on any atom is 0.234 e. The van der Waals surface area contributed by atoms with E-state index in [0.29, 0.717) is 10.8 Å². The van der Waals surface area contributed by atoms with Crippen molar-refractivity contribution in [3.8, 4) is 11.3 Å². The minimum Gasteiger partial charge on any atom is -0.367 e. The fourth-order valence-electron chi connectivity index (χ4n) is 3.68. The SMILES string of the molecule is CCN1CCN(c2ccc(Cl)cc2NC(=O)CSc2nc(-c3ccc(C)cc3)cs2)CC1. The third-order valence-electron chi connectivity index (χ3n) is 5.55. The van der Waals surface area contributed by atoms with Gasteiger partial charge in [-0.1, -0.05) is 60.1 Å². The second-order valence-electron chi connectivity index (χ2n) is 7.78. The van der Waals surface area contributed by atoms with Crippen LogP contribution in [0, 0.1) is 6.92 Å². The molecule has 0 spiro atoms. The number of amides is 1. The number of hydrogen-bond acceptors (Lipinski definition) is 6. The van der Waals surface area contributed by atoms with Crippen molar-refractivity contribution in [2.24, 2.45) is 0 Å². The number of carbonyl (C=O) groups is 1. The van der Waals surface area contributed by atoms with E-state index in [0.717, 1.165) is 59.7 Å². The number of hydrogen-bond donors (Lipinski definition) is 1. The molecule has 2 aromatic carbocycles. The molecule has 1 aliphatic rings. The van der Waals surface area contributed by atoms with Gasteiger partial charge < -0.3 is 15.1 Å². The third-order valence-corrected chi connectivity index (χ3v) is 7.81. The number of halogens is 1. The van der Waals surface area contributed by atoms with Gasteiger partial charge in [-0.2, -0.15) is 0 Å². The maximum atomic E-state index is 12.7. The monoisotopic (exact) mass is 486 g/mol. The highest BCUT2D eigenvalue weighted by atomic mass is 35.5. The molecule has 0 unspecified atom stereocenters. The lowest BCUT2D eigenvalue weighted by atomic mass is 10.1. The van der Waals surface area contributed by atoms with Crippen molar-refractivity contribution in [2.75, 3.05) is 48.7 Å². The zero-order valence-electron chi connectivity index (χ0n) is 18.3. The van der Waals surface area contributed by atoms with Gasteiger partial charge >= 0.3 is 0 Å². The second kappa shape index (κ2) is 10.7. The van der Waals surface area contributed by atoms with Crippen LogP contribution in [0.2, 0.25) is 5.02 Å². The van der Waals surface area contributed by atoms with E-state index in [1.807, 2.05) is 23.6 Å². The first-order valence-corrected chi connectivity index (χ1v) is 13.0. The molecule has 2 heterocycles. The smallest absolute Gasteiger partial charge is 0.234 e. The first-order chi connectivity index (χ1) is 15.5. The van der Waals surface area contributed by atoms with E-state index in [1.165, 1.54) is 17.3 Å². The van der Waals surface area contributed by atoms with Crippen LogP contribution in [0.3, 0.4) is 0 Å². The first kappa shape index (κ1) is 23.1. The predicted molar refractivity (Wildman–Crippen MR) is 137 cm³/mol. The molecule has 0 aliphatic carbocycles. The number of anilines is 2. The van der Waals surface area contributed by atoms with Crippen molar-refractivity contribution in [3.63, 3.8) is 0 Å². The molecule has 1 aliphatic heterocycles. The minimum atomic E-state index is -0.0576. The van der Waals surface area contributed by atoms with Crippen LogP contribution in [0.5, 0.6) is 0 Å². The number of piperazine rings is 1. The molecule has 1 saturated heterocycles. The van der Waals surface area contributed by atoms with E-state index < -0.39 is 0 Å². The zero-order valence-corrected chi connectivity index (χ0v) is 20.7. The van der Waals surface area contributed by atoms with Crippen LogP contribution in [-0.4, -0.2) is 54.3 Å². The number of benzene rings is 2. The Bertz CT molecular complexity index is 1060. The molecule has 1 aromatic heterocycles. The van der Waals surface area contributed by atoms with Crippen LogP contribution in [0.15, 0.2) is 52.2 Å². The van der Waals surface area contributed by atoms with E-state index in [-0.39, 0.29) is 5.91 Å². The van der Waals surface area contributed by atoms with Crippen molar-refractivity contribution in [2.45, 2.75) is 18.2 Å². The molecular formula is C24H27ClN4OS2. The van der Waals surface area contributed by atoms with Crippen LogP contribution in [0.1, 0.15) is 12.5 Å². The van der Waals surface area contributed by atoms with Crippen LogP contribution in [0.4, 0.5) is 11.4 Å². The van der Waals surface area contributed by atoms with Crippen LogP contribution >= 0.6 is 34.7 Å². The van der Waals surface area contributed by atoms with Crippen LogP contribution in [0.25, 0.3) is 11.3 Å². The van der Waals surface area contributed by atoms with Crippen molar-refractivity contribution < 1.29 is 4.79 Å². The van der Waals surface area contributed by atoms with Gasteiger partial charge in [0.25, 0.3) is 0 Å². The number of rotatable bonds is 7. The van der Waals surface area contributed by atoms with Gasteiger partial charge in [0, 0.05) is 42.1 Å². The van der Waals surface area contributed by atoms with Gasteiger partial charge in [-0.05, 0) is 31.7 Å². The van der Waals surface area contributed by atoms with E-state index in [2.05, 4.69) is 58.2 Å². The summed E-state index contributed by atoms with van der Waals surface area (Å²) in [7, 11) is 0. The predicted octanol–water partition coefficient (Wildman–Crippen LogP) is 5.64. The van der Waals surface area contributed by atoms with Crippen molar-refractivity contribution in [1.82, 2.24) is 9.88 Å². The molecule has 0 bridgehead atoms. The van der Waals surface area contributed by atoms with Gasteiger partial charge in [-0.15, -0.1) is 11.3 Å². The third kappa shape index (κ3) is 5.84. The summed E-state index contributed by atoms with van der Waals surface area (Å²) < 4.78 is 0.887. The molecule has 0 atom stereocenters. The van der Waals surface area contributed by atoms with E-state index in [4.69, 9.17) is 11.6 Å². The fourth-order valence-corrected chi connectivity index (χ4v) is 5.49. The lowest BCUT2D eigenvalue weighted by Gasteiger charge is -2.36. The average Bonchev–Trinajstić information content (AvgIpc) is 3.28. The van der Waals surface area contributed by atoms with Gasteiger partial charge in [-0.3, -0.25) is 4.79 Å². The number of carbonyl (C=O) groups excluding carboxylic acids is 1. The number of thioether (sulfide) groups is 1. The topological polar surface area (TPSA) is 48.5 Å². The Morgan fingerprint density at radius 2 is 1.91 bits per heavy atom. The quantitative estimate of drug-likeness (QED) is 0.437. The van der Waals surface area contributed by atoms with Gasteiger partial charge in [0.15, 0.2) is 4.34 Å². The summed E-state index contributed by atoms with van der Waals surface area (Å²) >= 11 is 9.26. The number of likely N-dealkylation sites (N-methyl/N-ethyl adjacent to an activating group) is 1. The standard InChI is InChI=1S/C24H27ClN4OS2/c1-3-28-10-12-29(13-11-28)22-9-8-19(25)14-20(22)26-23(30)16-32-24-27-21(15-31-24)18-6-4-17(2)5-7-18/h4-9,14-15H,3,10-13,16H2,1-2H3,(H,26,30). The second-order valence-corrected chi connectivity index (χ2v) is 10.3. The van der Waals surface area contributed by atoms with Gasteiger partial charge in [0.1, 0.15) is 0 Å². The number of nitrogens with zero attached hydrogens (tertiary/aromatic N) is 3. The fraction of sp³-hybridized carbons (Fsp3) is 0.333. The summed E-state index contributed by atoms with van der Waals surface area (Å²) in [5.41, 5.74) is 5.06. The summed E-state index contributed by atoms with van der Waals surface area (Å²) in [4.78, 5) is 22.1. The van der Waals surface area contributed by atoms with Crippen LogP contribution in [-0.2, 0) is 4.79 Å². The lowest BCUT2D eigenvalue weighted by Crippen LogP contribution is -2.46. The Morgan fingerprint density at radius 1 is 1.16 bits per heavy atom. The Labute approximate surface area is 202 Å². The Balaban J connectivity index is 1.37. The summed E-state index contributed by atoms with van der Waals surface area (Å²) in [5.74, 6) is 0.244. The summed E-state index contributed by atoms with van der Waals surface area (Å²) in [6.45, 7) is 9.25. The molecule has 4 rings (SSSR count). The van der Waals surface area contributed by atoms with Crippen molar-refractivity contribution >= 4 is 52.0 Å². The van der Waals surface area contributed by atoms with Crippen LogP contribution < -0.4 is 10.2 Å². The van der Waals surface area contributed by atoms with Gasteiger partial charge in [0.2, 0.25) is 5.91 Å². The van der Waals surface area contributed by atoms with Gasteiger partial charge in [0.05, 0.1) is 22.8 Å². The van der Waals surface area contributed by atoms with E-state index in [9.17, 15) is 4.79 Å². The average molecular weight is 487 g/mol. The highest BCUT2D eigenvalue weighted by molar-refractivity contribution is 8.01. The Hall–Kier alpha value is -2.06. The molecule has 1 N–H and O–H groups in total. The van der Waals surface area contributed by atoms with E-state index >= 15 is 0 Å². The zero-order chi connectivity index (χ0) is 22.5. The highest BCUT2D eigenvalue weighted by Crippen LogP contribution is 2.31. The molecule has 0 saturated carbocycles. The molecule has 3 aromatic rings. The molecule has 5 nitrogen and oxygen atoms in total. The number of thiazole rings is 1. The molecule has 1 fully saturated rings.